The molecule has 20 heavy (non-hydrogen) atoms. The van der Waals surface area contributed by atoms with E-state index in [4.69, 9.17) is 5.84 Å². The van der Waals surface area contributed by atoms with E-state index in [1.807, 2.05) is 18.4 Å². The first-order valence-corrected chi connectivity index (χ1v) is 6.23. The normalized spacial score (nSPS) is 10.3. The van der Waals surface area contributed by atoms with Gasteiger partial charge in [0.2, 0.25) is 0 Å². The van der Waals surface area contributed by atoms with E-state index in [1.165, 1.54) is 6.20 Å². The number of amides is 1. The average molecular weight is 275 g/mol. The predicted molar refractivity (Wildman–Crippen MR) is 73.7 cm³/mol. The monoisotopic (exact) mass is 275 g/mol. The van der Waals surface area contributed by atoms with Crippen molar-refractivity contribution in [2.75, 3.05) is 5.43 Å². The highest BCUT2D eigenvalue weighted by Crippen LogP contribution is 2.14. The molecule has 2 heterocycles. The van der Waals surface area contributed by atoms with Crippen molar-refractivity contribution in [3.05, 3.63) is 35.7 Å². The van der Waals surface area contributed by atoms with Crippen LogP contribution in [-0.2, 0) is 13.1 Å². The van der Waals surface area contributed by atoms with Crippen LogP contribution in [0.15, 0.2) is 18.6 Å². The maximum absolute atomic E-state index is 12.1. The second kappa shape index (κ2) is 6.11. The number of nitrogens with zero attached hydrogens (tertiary/aromatic N) is 4. The van der Waals surface area contributed by atoms with Crippen LogP contribution in [0.1, 0.15) is 28.8 Å². The lowest BCUT2D eigenvalue weighted by Gasteiger charge is -2.10. The summed E-state index contributed by atoms with van der Waals surface area (Å²) in [5.74, 6) is 5.84. The summed E-state index contributed by atoms with van der Waals surface area (Å²) in [6, 6.07) is 1.71. The van der Waals surface area contributed by atoms with E-state index < -0.39 is 0 Å². The second-order valence-electron chi connectivity index (χ2n) is 4.23. The van der Waals surface area contributed by atoms with Crippen molar-refractivity contribution >= 4 is 11.6 Å². The van der Waals surface area contributed by atoms with Gasteiger partial charge >= 0.3 is 0 Å². The average Bonchev–Trinajstić information content (AvgIpc) is 2.92. The molecule has 0 aliphatic rings. The van der Waals surface area contributed by atoms with Gasteiger partial charge in [0.15, 0.2) is 5.82 Å². The number of carbonyl (C=O) groups excluding carboxylic acids is 1. The van der Waals surface area contributed by atoms with Crippen LogP contribution in [-0.4, -0.2) is 25.7 Å². The van der Waals surface area contributed by atoms with Crippen molar-refractivity contribution in [1.82, 2.24) is 25.1 Å². The number of aryl methyl sites for hydroxylation is 2. The van der Waals surface area contributed by atoms with E-state index >= 15 is 0 Å². The van der Waals surface area contributed by atoms with Gasteiger partial charge in [0.1, 0.15) is 6.33 Å². The molecule has 0 atom stereocenters. The Balaban J connectivity index is 2.09. The topological polar surface area (TPSA) is 111 Å². The highest BCUT2D eigenvalue weighted by molar-refractivity contribution is 5.99. The Kier molecular flexibility index (Phi) is 4.26. The minimum Gasteiger partial charge on any atom is -0.345 e. The molecule has 8 heteroatoms. The Morgan fingerprint density at radius 1 is 1.50 bits per heavy atom. The van der Waals surface area contributed by atoms with E-state index in [2.05, 4.69) is 25.9 Å². The van der Waals surface area contributed by atoms with Gasteiger partial charge in [-0.15, -0.1) is 10.2 Å². The molecule has 2 aromatic rings. The summed E-state index contributed by atoms with van der Waals surface area (Å²) >= 11 is 0. The lowest BCUT2D eigenvalue weighted by molar-refractivity contribution is 0.0950. The maximum atomic E-state index is 12.1. The van der Waals surface area contributed by atoms with Gasteiger partial charge < -0.3 is 15.3 Å². The highest BCUT2D eigenvalue weighted by Gasteiger charge is 2.13. The van der Waals surface area contributed by atoms with Gasteiger partial charge in [0.25, 0.3) is 5.91 Å². The molecule has 0 bridgehead atoms. The van der Waals surface area contributed by atoms with Gasteiger partial charge in [-0.3, -0.25) is 15.6 Å². The number of hydrogen-bond acceptors (Lipinski definition) is 6. The predicted octanol–water partition coefficient (Wildman–Crippen LogP) is 0.217. The second-order valence-corrected chi connectivity index (χ2v) is 4.23. The zero-order chi connectivity index (χ0) is 14.5. The molecule has 0 unspecified atom stereocenters. The van der Waals surface area contributed by atoms with Gasteiger partial charge in [-0.2, -0.15) is 0 Å². The molecule has 0 aliphatic carbocycles. The molecule has 8 nitrogen and oxygen atoms in total. The van der Waals surface area contributed by atoms with E-state index in [0.717, 1.165) is 12.2 Å². The number of aromatic nitrogens is 4. The molecule has 2 rings (SSSR count). The summed E-state index contributed by atoms with van der Waals surface area (Å²) < 4.78 is 1.86. The SMILES string of the molecule is CCn1cnnc1CNC(=O)c1cnc(C)cc1NN. The third-order valence-corrected chi connectivity index (χ3v) is 2.88. The number of hydrogen-bond donors (Lipinski definition) is 3. The molecule has 0 radical (unpaired) electrons. The molecular formula is C12H17N7O. The zero-order valence-electron chi connectivity index (χ0n) is 11.4. The Morgan fingerprint density at radius 3 is 3.00 bits per heavy atom. The van der Waals surface area contributed by atoms with Crippen molar-refractivity contribution in [1.29, 1.82) is 0 Å². The number of nitrogen functional groups attached to an aromatic ring is 1. The molecular weight excluding hydrogens is 258 g/mol. The molecule has 2 aromatic heterocycles. The minimum atomic E-state index is -0.267. The number of carbonyl (C=O) groups is 1. The van der Waals surface area contributed by atoms with Crippen LogP contribution in [0.5, 0.6) is 0 Å². The van der Waals surface area contributed by atoms with Crippen molar-refractivity contribution < 1.29 is 4.79 Å². The fourth-order valence-corrected chi connectivity index (χ4v) is 1.79. The van der Waals surface area contributed by atoms with Crippen LogP contribution in [0.4, 0.5) is 5.69 Å². The van der Waals surface area contributed by atoms with E-state index in [9.17, 15) is 4.79 Å². The van der Waals surface area contributed by atoms with Gasteiger partial charge in [-0.05, 0) is 19.9 Å². The summed E-state index contributed by atoms with van der Waals surface area (Å²) in [6.45, 7) is 4.85. The van der Waals surface area contributed by atoms with Crippen molar-refractivity contribution in [3.8, 4) is 0 Å². The third kappa shape index (κ3) is 2.91. The van der Waals surface area contributed by atoms with Crippen molar-refractivity contribution in [2.24, 2.45) is 5.84 Å². The van der Waals surface area contributed by atoms with Crippen LogP contribution in [0.25, 0.3) is 0 Å². The fraction of sp³-hybridized carbons (Fsp3) is 0.333. The quantitative estimate of drug-likeness (QED) is 0.531. The fourth-order valence-electron chi connectivity index (χ4n) is 1.79. The van der Waals surface area contributed by atoms with Crippen molar-refractivity contribution in [3.63, 3.8) is 0 Å². The number of hydrazine groups is 1. The molecule has 0 aromatic carbocycles. The number of nitrogens with two attached hydrogens (primary N) is 1. The molecule has 1 amide bonds. The lowest BCUT2D eigenvalue weighted by atomic mass is 10.2. The third-order valence-electron chi connectivity index (χ3n) is 2.88. The largest absolute Gasteiger partial charge is 0.345 e. The first kappa shape index (κ1) is 13.9. The molecule has 0 saturated heterocycles. The first-order chi connectivity index (χ1) is 9.65. The standard InChI is InChI=1S/C12H17N7O/c1-3-19-7-16-18-11(19)6-15-12(20)9-5-14-8(2)4-10(9)17-13/h4-5,7H,3,6,13H2,1-2H3,(H,14,17)(H,15,20). The van der Waals surface area contributed by atoms with Crippen LogP contribution >= 0.6 is 0 Å². The minimum absolute atomic E-state index is 0.267. The van der Waals surface area contributed by atoms with Crippen molar-refractivity contribution in [2.45, 2.75) is 26.9 Å². The van der Waals surface area contributed by atoms with E-state index in [1.54, 1.807) is 12.4 Å². The molecule has 0 spiro atoms. The smallest absolute Gasteiger partial charge is 0.255 e. The van der Waals surface area contributed by atoms with Crippen LogP contribution < -0.4 is 16.6 Å². The Hall–Kier alpha value is -2.48. The summed E-state index contributed by atoms with van der Waals surface area (Å²) in [5.41, 5.74) is 4.20. The molecule has 0 saturated carbocycles. The maximum Gasteiger partial charge on any atom is 0.255 e. The van der Waals surface area contributed by atoms with Gasteiger partial charge in [-0.1, -0.05) is 0 Å². The summed E-state index contributed by atoms with van der Waals surface area (Å²) in [7, 11) is 0. The molecule has 0 fully saturated rings. The number of nitrogens with one attached hydrogen (secondary N) is 2. The van der Waals surface area contributed by atoms with Gasteiger partial charge in [-0.25, -0.2) is 0 Å². The summed E-state index contributed by atoms with van der Waals surface area (Å²) in [6.07, 6.45) is 3.12. The number of rotatable bonds is 5. The van der Waals surface area contributed by atoms with Gasteiger partial charge in [0.05, 0.1) is 17.8 Å². The Labute approximate surface area is 116 Å². The first-order valence-electron chi connectivity index (χ1n) is 6.23. The Morgan fingerprint density at radius 2 is 2.30 bits per heavy atom. The number of anilines is 1. The van der Waals surface area contributed by atoms with Crippen LogP contribution in [0, 0.1) is 6.92 Å². The van der Waals surface area contributed by atoms with Gasteiger partial charge in [0, 0.05) is 18.4 Å². The van der Waals surface area contributed by atoms with Crippen LogP contribution in [0.2, 0.25) is 0 Å². The van der Waals surface area contributed by atoms with E-state index in [-0.39, 0.29) is 5.91 Å². The lowest BCUT2D eigenvalue weighted by Crippen LogP contribution is -2.26. The zero-order valence-corrected chi connectivity index (χ0v) is 11.4. The van der Waals surface area contributed by atoms with E-state index in [0.29, 0.717) is 23.6 Å². The molecule has 0 aliphatic heterocycles. The number of pyridine rings is 1. The van der Waals surface area contributed by atoms with Crippen LogP contribution in [0.3, 0.4) is 0 Å². The molecule has 106 valence electrons. The molecule has 4 N–H and O–H groups in total. The Bertz CT molecular complexity index is 608. The summed E-state index contributed by atoms with van der Waals surface area (Å²) in [5, 5.41) is 10.5. The summed E-state index contributed by atoms with van der Waals surface area (Å²) in [4.78, 5) is 16.2. The highest BCUT2D eigenvalue weighted by atomic mass is 16.1.